The van der Waals surface area contributed by atoms with Crippen LogP contribution in [0.1, 0.15) is 19.3 Å². The summed E-state index contributed by atoms with van der Waals surface area (Å²) in [6.45, 7) is 0.460. The van der Waals surface area contributed by atoms with E-state index in [1.54, 1.807) is 7.05 Å². The quantitative estimate of drug-likeness (QED) is 0.837. The molecule has 108 valence electrons. The lowest BCUT2D eigenvalue weighted by molar-refractivity contribution is 0.0455. The molecule has 0 atom stereocenters. The van der Waals surface area contributed by atoms with Crippen LogP contribution < -0.4 is 5.73 Å². The Labute approximate surface area is 117 Å². The first-order valence-corrected chi connectivity index (χ1v) is 8.26. The summed E-state index contributed by atoms with van der Waals surface area (Å²) in [6.07, 6.45) is 3.16. The summed E-state index contributed by atoms with van der Waals surface area (Å²) in [7, 11) is 1.97. The minimum absolute atomic E-state index is 0.0410. The SMILES string of the molecule is CN(C)C1(CN(C)S(=O)(=O)c2nnc(N)s2)CCC1. The zero-order valence-electron chi connectivity index (χ0n) is 11.3. The van der Waals surface area contributed by atoms with Crippen molar-refractivity contribution in [3.05, 3.63) is 0 Å². The highest BCUT2D eigenvalue weighted by atomic mass is 32.2. The van der Waals surface area contributed by atoms with E-state index in [0.29, 0.717) is 6.54 Å². The molecule has 0 spiro atoms. The predicted octanol–water partition coefficient (Wildman–Crippen LogP) is 0.225. The van der Waals surface area contributed by atoms with Gasteiger partial charge in [-0.1, -0.05) is 11.3 Å². The number of likely N-dealkylation sites (N-methyl/N-ethyl adjacent to an activating group) is 2. The molecule has 0 unspecified atom stereocenters. The van der Waals surface area contributed by atoms with E-state index < -0.39 is 10.0 Å². The Balaban J connectivity index is 2.17. The van der Waals surface area contributed by atoms with Crippen LogP contribution in [0.15, 0.2) is 4.34 Å². The van der Waals surface area contributed by atoms with Crippen molar-refractivity contribution in [1.82, 2.24) is 19.4 Å². The molecule has 2 N–H and O–H groups in total. The molecule has 1 aromatic heterocycles. The van der Waals surface area contributed by atoms with Gasteiger partial charge in [-0.05, 0) is 33.4 Å². The maximum absolute atomic E-state index is 12.3. The summed E-state index contributed by atoms with van der Waals surface area (Å²) in [5.41, 5.74) is 5.38. The first kappa shape index (κ1) is 14.6. The van der Waals surface area contributed by atoms with Crippen LogP contribution in [-0.2, 0) is 10.0 Å². The lowest BCUT2D eigenvalue weighted by Gasteiger charge is -2.48. The summed E-state index contributed by atoms with van der Waals surface area (Å²) >= 11 is 0.895. The second-order valence-corrected chi connectivity index (χ2v) is 8.37. The van der Waals surface area contributed by atoms with Gasteiger partial charge < -0.3 is 10.6 Å². The molecule has 0 aromatic carbocycles. The van der Waals surface area contributed by atoms with Gasteiger partial charge in [0.05, 0.1) is 0 Å². The number of sulfonamides is 1. The predicted molar refractivity (Wildman–Crippen MR) is 74.4 cm³/mol. The number of nitrogen functional groups attached to an aromatic ring is 1. The lowest BCUT2D eigenvalue weighted by atomic mass is 9.75. The smallest absolute Gasteiger partial charge is 0.272 e. The Morgan fingerprint density at radius 1 is 1.32 bits per heavy atom. The molecule has 2 rings (SSSR count). The van der Waals surface area contributed by atoms with E-state index in [1.165, 1.54) is 4.31 Å². The molecule has 0 saturated heterocycles. The molecule has 0 amide bonds. The number of anilines is 1. The highest BCUT2D eigenvalue weighted by Gasteiger charge is 2.42. The monoisotopic (exact) mass is 305 g/mol. The van der Waals surface area contributed by atoms with E-state index in [2.05, 4.69) is 15.1 Å². The third-order valence-corrected chi connectivity index (χ3v) is 6.70. The molecule has 1 fully saturated rings. The first-order chi connectivity index (χ1) is 8.78. The van der Waals surface area contributed by atoms with Gasteiger partial charge in [-0.3, -0.25) is 0 Å². The van der Waals surface area contributed by atoms with Crippen molar-refractivity contribution in [1.29, 1.82) is 0 Å². The van der Waals surface area contributed by atoms with E-state index in [-0.39, 0.29) is 15.0 Å². The van der Waals surface area contributed by atoms with Crippen LogP contribution in [0.3, 0.4) is 0 Å². The molecular weight excluding hydrogens is 286 g/mol. The maximum Gasteiger partial charge on any atom is 0.272 e. The fourth-order valence-electron chi connectivity index (χ4n) is 2.29. The van der Waals surface area contributed by atoms with Crippen LogP contribution in [0, 0.1) is 0 Å². The Hall–Kier alpha value is -0.770. The fourth-order valence-corrected chi connectivity index (χ4v) is 4.51. The summed E-state index contributed by atoms with van der Waals surface area (Å²) in [5, 5.41) is 7.35. The summed E-state index contributed by atoms with van der Waals surface area (Å²) < 4.78 is 26.0. The van der Waals surface area contributed by atoms with Crippen LogP contribution in [0.25, 0.3) is 0 Å². The van der Waals surface area contributed by atoms with Gasteiger partial charge in [0.25, 0.3) is 10.0 Å². The number of aromatic nitrogens is 2. The highest BCUT2D eigenvalue weighted by molar-refractivity contribution is 7.91. The number of nitrogens with two attached hydrogens (primary N) is 1. The minimum atomic E-state index is -3.59. The third-order valence-electron chi connectivity index (χ3n) is 3.80. The molecular formula is C10H19N5O2S2. The van der Waals surface area contributed by atoms with Gasteiger partial charge in [0.2, 0.25) is 9.47 Å². The van der Waals surface area contributed by atoms with Gasteiger partial charge >= 0.3 is 0 Å². The molecule has 1 aliphatic rings. The van der Waals surface area contributed by atoms with Crippen molar-refractivity contribution in [3.8, 4) is 0 Å². The zero-order chi connectivity index (χ0) is 14.3. The van der Waals surface area contributed by atoms with Gasteiger partial charge in [-0.15, -0.1) is 10.2 Å². The standard InChI is InChI=1S/C10H19N5O2S2/c1-14(2)10(5-4-6-10)7-15(3)19(16,17)9-13-12-8(11)18-9/h4-7H2,1-3H3,(H2,11,12). The average Bonchev–Trinajstić information content (AvgIpc) is 2.69. The van der Waals surface area contributed by atoms with Crippen LogP contribution in [0.5, 0.6) is 0 Å². The van der Waals surface area contributed by atoms with Crippen LogP contribution >= 0.6 is 11.3 Å². The maximum atomic E-state index is 12.3. The van der Waals surface area contributed by atoms with Gasteiger partial charge in [0.15, 0.2) is 0 Å². The molecule has 19 heavy (non-hydrogen) atoms. The van der Waals surface area contributed by atoms with Crippen molar-refractivity contribution in [3.63, 3.8) is 0 Å². The molecule has 0 bridgehead atoms. The van der Waals surface area contributed by atoms with Crippen molar-refractivity contribution >= 4 is 26.5 Å². The number of hydrogen-bond acceptors (Lipinski definition) is 7. The molecule has 0 aliphatic heterocycles. The van der Waals surface area contributed by atoms with Crippen LogP contribution in [0.2, 0.25) is 0 Å². The molecule has 0 radical (unpaired) electrons. The van der Waals surface area contributed by atoms with Crippen LogP contribution in [0.4, 0.5) is 5.13 Å². The van der Waals surface area contributed by atoms with Gasteiger partial charge in [-0.2, -0.15) is 4.31 Å². The van der Waals surface area contributed by atoms with Crippen molar-refractivity contribution < 1.29 is 8.42 Å². The highest BCUT2D eigenvalue weighted by Crippen LogP contribution is 2.37. The minimum Gasteiger partial charge on any atom is -0.374 e. The molecule has 1 aromatic rings. The van der Waals surface area contributed by atoms with Crippen molar-refractivity contribution in [2.24, 2.45) is 0 Å². The topological polar surface area (TPSA) is 92.4 Å². The average molecular weight is 305 g/mol. The number of rotatable bonds is 5. The van der Waals surface area contributed by atoms with E-state index in [9.17, 15) is 8.42 Å². The first-order valence-electron chi connectivity index (χ1n) is 6.01. The summed E-state index contributed by atoms with van der Waals surface area (Å²) in [6, 6.07) is 0. The Morgan fingerprint density at radius 2 is 1.95 bits per heavy atom. The van der Waals surface area contributed by atoms with E-state index in [0.717, 1.165) is 30.6 Å². The van der Waals surface area contributed by atoms with Crippen LogP contribution in [-0.4, -0.2) is 61.0 Å². The molecule has 1 aliphatic carbocycles. The van der Waals surface area contributed by atoms with E-state index in [4.69, 9.17) is 5.73 Å². The van der Waals surface area contributed by atoms with Gasteiger partial charge in [0.1, 0.15) is 0 Å². The molecule has 7 nitrogen and oxygen atoms in total. The second kappa shape index (κ2) is 4.97. The molecule has 1 saturated carbocycles. The third kappa shape index (κ3) is 2.60. The Kier molecular flexibility index (Phi) is 3.83. The van der Waals surface area contributed by atoms with Crippen molar-refractivity contribution in [2.45, 2.75) is 29.1 Å². The summed E-state index contributed by atoms with van der Waals surface area (Å²) in [5.74, 6) is 0. The fraction of sp³-hybridized carbons (Fsp3) is 0.800. The van der Waals surface area contributed by atoms with Gasteiger partial charge in [-0.25, -0.2) is 8.42 Å². The number of hydrogen-bond donors (Lipinski definition) is 1. The Morgan fingerprint density at radius 3 is 2.32 bits per heavy atom. The zero-order valence-corrected chi connectivity index (χ0v) is 13.0. The second-order valence-electron chi connectivity index (χ2n) is 5.14. The van der Waals surface area contributed by atoms with Gasteiger partial charge in [0, 0.05) is 19.1 Å². The van der Waals surface area contributed by atoms with E-state index >= 15 is 0 Å². The summed E-state index contributed by atoms with van der Waals surface area (Å²) in [4.78, 5) is 2.11. The normalized spacial score (nSPS) is 18.8. The van der Waals surface area contributed by atoms with E-state index in [1.807, 2.05) is 14.1 Å². The Bertz CT molecular complexity index is 550. The molecule has 1 heterocycles. The largest absolute Gasteiger partial charge is 0.374 e. The lowest BCUT2D eigenvalue weighted by Crippen LogP contribution is -2.57. The molecule has 9 heteroatoms. The van der Waals surface area contributed by atoms with Crippen molar-refractivity contribution in [2.75, 3.05) is 33.4 Å². The number of nitrogens with zero attached hydrogens (tertiary/aromatic N) is 4.